The van der Waals surface area contributed by atoms with Crippen LogP contribution in [0.5, 0.6) is 0 Å². The highest BCUT2D eigenvalue weighted by Crippen LogP contribution is 2.14. The van der Waals surface area contributed by atoms with Crippen molar-refractivity contribution in [1.29, 1.82) is 0 Å². The monoisotopic (exact) mass is 312 g/mol. The number of allylic oxidation sites excluding steroid dienone is 2. The van der Waals surface area contributed by atoms with Gasteiger partial charge in [-0.2, -0.15) is 0 Å². The Morgan fingerprint density at radius 3 is 3.04 bits per heavy atom. The van der Waals surface area contributed by atoms with Crippen LogP contribution in [0.15, 0.2) is 48.0 Å². The van der Waals surface area contributed by atoms with E-state index in [2.05, 4.69) is 19.9 Å². The summed E-state index contributed by atoms with van der Waals surface area (Å²) in [6.07, 6.45) is 11.8. The molecule has 0 unspecified atom stereocenters. The number of imidazole rings is 2. The third-order valence-electron chi connectivity index (χ3n) is 3.54. The SMILES string of the molecule is Cn1c(Cn2ccnc2CN=C/C=C\CF)nc2ccncc21. The first-order valence-electron chi connectivity index (χ1n) is 7.26. The number of fused-ring (bicyclic) bond motifs is 1. The highest BCUT2D eigenvalue weighted by atomic mass is 19.1. The molecule has 0 amide bonds. The number of rotatable bonds is 6. The van der Waals surface area contributed by atoms with Crippen molar-refractivity contribution in [2.24, 2.45) is 12.0 Å². The molecule has 0 bridgehead atoms. The molecular weight excluding hydrogens is 295 g/mol. The highest BCUT2D eigenvalue weighted by Gasteiger charge is 2.10. The lowest BCUT2D eigenvalue weighted by Crippen LogP contribution is -2.08. The van der Waals surface area contributed by atoms with Gasteiger partial charge in [-0.3, -0.25) is 9.98 Å². The predicted octanol–water partition coefficient (Wildman–Crippen LogP) is 2.31. The van der Waals surface area contributed by atoms with Gasteiger partial charge in [0.25, 0.3) is 0 Å². The quantitative estimate of drug-likeness (QED) is 0.656. The van der Waals surface area contributed by atoms with Crippen LogP contribution in [0.25, 0.3) is 11.0 Å². The van der Waals surface area contributed by atoms with Crippen LogP contribution in [0.2, 0.25) is 0 Å². The van der Waals surface area contributed by atoms with E-state index in [1.165, 1.54) is 6.08 Å². The molecule has 0 N–H and O–H groups in total. The zero-order valence-corrected chi connectivity index (χ0v) is 12.8. The van der Waals surface area contributed by atoms with Gasteiger partial charge in [0.05, 0.1) is 30.3 Å². The van der Waals surface area contributed by atoms with Crippen molar-refractivity contribution >= 4 is 17.2 Å². The molecule has 0 radical (unpaired) electrons. The Morgan fingerprint density at radius 1 is 1.30 bits per heavy atom. The lowest BCUT2D eigenvalue weighted by Gasteiger charge is -2.06. The van der Waals surface area contributed by atoms with E-state index >= 15 is 0 Å². The second kappa shape index (κ2) is 6.95. The first-order valence-corrected chi connectivity index (χ1v) is 7.26. The van der Waals surface area contributed by atoms with Crippen molar-refractivity contribution in [1.82, 2.24) is 24.1 Å². The molecule has 0 fully saturated rings. The zero-order valence-electron chi connectivity index (χ0n) is 12.8. The molecule has 0 aliphatic rings. The molecule has 0 aliphatic heterocycles. The van der Waals surface area contributed by atoms with E-state index in [1.807, 2.05) is 34.6 Å². The van der Waals surface area contributed by atoms with Crippen LogP contribution < -0.4 is 0 Å². The molecule has 0 spiro atoms. The molecule has 0 saturated heterocycles. The van der Waals surface area contributed by atoms with Crippen LogP contribution in [-0.4, -0.2) is 37.0 Å². The van der Waals surface area contributed by atoms with E-state index < -0.39 is 6.67 Å². The molecule has 7 heteroatoms. The summed E-state index contributed by atoms with van der Waals surface area (Å²) in [6, 6.07) is 1.90. The summed E-state index contributed by atoms with van der Waals surface area (Å²) in [4.78, 5) is 17.3. The van der Waals surface area contributed by atoms with Gasteiger partial charge >= 0.3 is 0 Å². The summed E-state index contributed by atoms with van der Waals surface area (Å²) in [5, 5.41) is 0. The van der Waals surface area contributed by atoms with Gasteiger partial charge in [-0.05, 0) is 12.1 Å². The van der Waals surface area contributed by atoms with Gasteiger partial charge in [0, 0.05) is 31.9 Å². The second-order valence-electron chi connectivity index (χ2n) is 5.00. The Kier molecular flexibility index (Phi) is 4.56. The summed E-state index contributed by atoms with van der Waals surface area (Å²) in [7, 11) is 1.98. The molecule has 3 aromatic rings. The minimum absolute atomic E-state index is 0.440. The smallest absolute Gasteiger partial charge is 0.130 e. The van der Waals surface area contributed by atoms with Crippen LogP contribution in [-0.2, 0) is 20.1 Å². The molecule has 3 rings (SSSR count). The Bertz CT molecular complexity index is 845. The maximum absolute atomic E-state index is 11.9. The average molecular weight is 312 g/mol. The molecule has 3 heterocycles. The summed E-state index contributed by atoms with van der Waals surface area (Å²) in [6.45, 7) is 0.563. The number of nitrogens with zero attached hydrogens (tertiary/aromatic N) is 6. The predicted molar refractivity (Wildman–Crippen MR) is 87.1 cm³/mol. The van der Waals surface area contributed by atoms with E-state index in [0.717, 1.165) is 22.7 Å². The van der Waals surface area contributed by atoms with Crippen molar-refractivity contribution in [3.05, 3.63) is 54.7 Å². The van der Waals surface area contributed by atoms with E-state index in [-0.39, 0.29) is 0 Å². The third kappa shape index (κ3) is 3.33. The van der Waals surface area contributed by atoms with Gasteiger partial charge in [-0.15, -0.1) is 0 Å². The summed E-state index contributed by atoms with van der Waals surface area (Å²) >= 11 is 0. The number of hydrogen-bond donors (Lipinski definition) is 0. The van der Waals surface area contributed by atoms with Gasteiger partial charge < -0.3 is 9.13 Å². The van der Waals surface area contributed by atoms with E-state index in [9.17, 15) is 4.39 Å². The molecule has 0 saturated carbocycles. The molecule has 3 aromatic heterocycles. The number of pyridine rings is 1. The zero-order chi connectivity index (χ0) is 16.1. The molecule has 6 nitrogen and oxygen atoms in total. The number of aliphatic imine (C=N–C) groups is 1. The molecule has 0 aromatic carbocycles. The molecule has 0 aliphatic carbocycles. The average Bonchev–Trinajstić information content (AvgIpc) is 3.13. The second-order valence-corrected chi connectivity index (χ2v) is 5.00. The number of aryl methyl sites for hydroxylation is 1. The third-order valence-corrected chi connectivity index (χ3v) is 3.54. The van der Waals surface area contributed by atoms with Crippen LogP contribution in [0.3, 0.4) is 0 Å². The van der Waals surface area contributed by atoms with Gasteiger partial charge in [0.15, 0.2) is 0 Å². The molecule has 23 heavy (non-hydrogen) atoms. The number of alkyl halides is 1. The van der Waals surface area contributed by atoms with Crippen molar-refractivity contribution in [3.63, 3.8) is 0 Å². The normalized spacial score (nSPS) is 12.1. The van der Waals surface area contributed by atoms with Gasteiger partial charge in [0.2, 0.25) is 0 Å². The van der Waals surface area contributed by atoms with Gasteiger partial charge in [0.1, 0.15) is 18.3 Å². The summed E-state index contributed by atoms with van der Waals surface area (Å²) in [5.74, 6) is 1.76. The fourth-order valence-corrected chi connectivity index (χ4v) is 2.32. The Hall–Kier alpha value is -2.83. The summed E-state index contributed by atoms with van der Waals surface area (Å²) < 4.78 is 16.0. The fourth-order valence-electron chi connectivity index (χ4n) is 2.32. The highest BCUT2D eigenvalue weighted by molar-refractivity contribution is 5.74. The Morgan fingerprint density at radius 2 is 2.22 bits per heavy atom. The number of hydrogen-bond acceptors (Lipinski definition) is 4. The van der Waals surface area contributed by atoms with E-state index in [4.69, 9.17) is 0 Å². The van der Waals surface area contributed by atoms with Crippen LogP contribution in [0.4, 0.5) is 4.39 Å². The van der Waals surface area contributed by atoms with Gasteiger partial charge in [-0.1, -0.05) is 6.08 Å². The minimum Gasteiger partial charge on any atom is -0.328 e. The topological polar surface area (TPSA) is 60.9 Å². The van der Waals surface area contributed by atoms with Crippen molar-refractivity contribution in [2.45, 2.75) is 13.1 Å². The minimum atomic E-state index is -0.484. The molecule has 118 valence electrons. The van der Waals surface area contributed by atoms with Crippen molar-refractivity contribution in [3.8, 4) is 0 Å². The van der Waals surface area contributed by atoms with Gasteiger partial charge in [-0.25, -0.2) is 14.4 Å². The maximum atomic E-state index is 11.9. The largest absolute Gasteiger partial charge is 0.328 e. The maximum Gasteiger partial charge on any atom is 0.130 e. The Labute approximate surface area is 133 Å². The van der Waals surface area contributed by atoms with E-state index in [0.29, 0.717) is 13.1 Å². The van der Waals surface area contributed by atoms with Crippen LogP contribution >= 0.6 is 0 Å². The first kappa shape index (κ1) is 15.1. The fraction of sp³-hybridized carbons (Fsp3) is 0.250. The number of aromatic nitrogens is 5. The first-order chi connectivity index (χ1) is 11.3. The van der Waals surface area contributed by atoms with Crippen LogP contribution in [0, 0.1) is 0 Å². The summed E-state index contributed by atoms with van der Waals surface area (Å²) in [5.41, 5.74) is 1.92. The van der Waals surface area contributed by atoms with Crippen LogP contribution in [0.1, 0.15) is 11.6 Å². The lowest BCUT2D eigenvalue weighted by molar-refractivity contribution is 0.562. The molecular formula is C16H17FN6. The lowest BCUT2D eigenvalue weighted by atomic mass is 10.4. The van der Waals surface area contributed by atoms with E-state index in [1.54, 1.807) is 24.7 Å². The number of halogens is 1. The Balaban J connectivity index is 1.78. The van der Waals surface area contributed by atoms with Crippen molar-refractivity contribution in [2.75, 3.05) is 6.67 Å². The van der Waals surface area contributed by atoms with Crippen molar-refractivity contribution < 1.29 is 4.39 Å². The standard InChI is InChI=1S/C16H17FN6/c1-22-14-10-19-7-4-13(14)21-16(22)12-23-9-8-20-15(23)11-18-6-3-2-5-17/h2-4,6-10H,5,11-12H2,1H3/b3-2-,18-6?. The molecule has 0 atom stereocenters.